The predicted molar refractivity (Wildman–Crippen MR) is 85.7 cm³/mol. The second-order valence-electron chi connectivity index (χ2n) is 4.92. The maximum absolute atomic E-state index is 11.6. The Morgan fingerprint density at radius 3 is 2.67 bits per heavy atom. The summed E-state index contributed by atoms with van der Waals surface area (Å²) in [5.41, 5.74) is 2.45. The molecule has 1 amide bonds. The predicted octanol–water partition coefficient (Wildman–Crippen LogP) is -2.07. The molecule has 0 bridgehead atoms. The molecule has 1 heterocycles. The molecule has 0 saturated heterocycles. The molecular formula is C14H12N3NaO8S. The van der Waals surface area contributed by atoms with Crippen LogP contribution in [0.25, 0.3) is 0 Å². The molecule has 1 aromatic carbocycles. The van der Waals surface area contributed by atoms with Crippen molar-refractivity contribution in [3.05, 3.63) is 51.8 Å². The van der Waals surface area contributed by atoms with Gasteiger partial charge >= 0.3 is 35.2 Å². The molecule has 0 radical (unpaired) electrons. The van der Waals surface area contributed by atoms with E-state index in [4.69, 9.17) is 9.15 Å². The molecule has 138 valence electrons. The summed E-state index contributed by atoms with van der Waals surface area (Å²) in [6.07, 6.45) is 0.973. The summed E-state index contributed by atoms with van der Waals surface area (Å²) in [5.74, 6) is -0.870. The van der Waals surface area contributed by atoms with Crippen LogP contribution >= 0.6 is 0 Å². The molecule has 0 spiro atoms. The van der Waals surface area contributed by atoms with Crippen LogP contribution in [0.2, 0.25) is 0 Å². The minimum absolute atomic E-state index is 0. The molecule has 13 heteroatoms. The Bertz CT molecular complexity index is 970. The van der Waals surface area contributed by atoms with Crippen molar-refractivity contribution in [1.82, 2.24) is 5.43 Å². The largest absolute Gasteiger partial charge is 1.00 e. The summed E-state index contributed by atoms with van der Waals surface area (Å²) in [4.78, 5) is 21.9. The van der Waals surface area contributed by atoms with Gasteiger partial charge in [0.05, 0.1) is 11.1 Å². The number of nitro benzene ring substituents is 1. The summed E-state index contributed by atoms with van der Waals surface area (Å²) in [5, 5.41) is 13.7. The van der Waals surface area contributed by atoms with E-state index in [2.05, 4.69) is 10.5 Å². The third kappa shape index (κ3) is 6.77. The Labute approximate surface area is 175 Å². The van der Waals surface area contributed by atoms with Crippen molar-refractivity contribution in [2.45, 2.75) is 12.0 Å². The van der Waals surface area contributed by atoms with Crippen molar-refractivity contribution in [2.24, 2.45) is 5.10 Å². The molecule has 2 aromatic rings. The number of ether oxygens (including phenoxy) is 1. The first-order valence-electron chi connectivity index (χ1n) is 6.92. The fourth-order valence-corrected chi connectivity index (χ4v) is 2.21. The molecule has 0 unspecified atom stereocenters. The van der Waals surface area contributed by atoms with Gasteiger partial charge in [-0.25, -0.2) is 13.8 Å². The molecule has 0 aliphatic heterocycles. The van der Waals surface area contributed by atoms with E-state index in [9.17, 15) is 27.9 Å². The Hall–Kier alpha value is -2.25. The number of rotatable bonds is 7. The van der Waals surface area contributed by atoms with Gasteiger partial charge in [-0.05, 0) is 30.7 Å². The number of nitrogens with one attached hydrogen (secondary N) is 1. The van der Waals surface area contributed by atoms with Gasteiger partial charge in [0.2, 0.25) is 5.09 Å². The number of hydrogen-bond acceptors (Lipinski definition) is 9. The first kappa shape index (κ1) is 22.8. The molecule has 11 nitrogen and oxygen atoms in total. The summed E-state index contributed by atoms with van der Waals surface area (Å²) >= 11 is 0. The molecule has 0 saturated carbocycles. The number of hydrazone groups is 1. The first-order chi connectivity index (χ1) is 12.2. The Morgan fingerprint density at radius 2 is 2.07 bits per heavy atom. The van der Waals surface area contributed by atoms with Crippen LogP contribution in [0.4, 0.5) is 5.69 Å². The van der Waals surface area contributed by atoms with Crippen LogP contribution < -0.4 is 39.7 Å². The van der Waals surface area contributed by atoms with Crippen LogP contribution in [-0.4, -0.2) is 36.6 Å². The third-order valence-corrected chi connectivity index (χ3v) is 3.61. The fraction of sp³-hybridized carbons (Fsp3) is 0.143. The normalized spacial score (nSPS) is 11.0. The number of carbonyl (C=O) groups excluding carboxylic acids is 1. The molecule has 0 aliphatic rings. The molecule has 0 fully saturated rings. The van der Waals surface area contributed by atoms with Crippen LogP contribution in [0.15, 0.2) is 44.9 Å². The second kappa shape index (κ2) is 9.62. The van der Waals surface area contributed by atoms with Crippen molar-refractivity contribution in [1.29, 1.82) is 0 Å². The van der Waals surface area contributed by atoms with Crippen molar-refractivity contribution < 1.29 is 61.4 Å². The van der Waals surface area contributed by atoms with Gasteiger partial charge in [-0.1, -0.05) is 6.07 Å². The maximum Gasteiger partial charge on any atom is 1.00 e. The van der Waals surface area contributed by atoms with Gasteiger partial charge in [0, 0.05) is 6.07 Å². The van der Waals surface area contributed by atoms with Gasteiger partial charge in [0.25, 0.3) is 5.91 Å². The Kier molecular flexibility index (Phi) is 8.12. The van der Waals surface area contributed by atoms with Crippen LogP contribution in [0.5, 0.6) is 5.75 Å². The van der Waals surface area contributed by atoms with E-state index in [1.54, 1.807) is 13.0 Å². The zero-order chi connectivity index (χ0) is 19.3. The van der Waals surface area contributed by atoms with E-state index in [0.29, 0.717) is 5.56 Å². The van der Waals surface area contributed by atoms with Gasteiger partial charge in [-0.15, -0.1) is 0 Å². The SMILES string of the molecule is Cc1ccc(OCC(=O)NN=Cc2ccc(S(=O)(=O)[O-])o2)c([N+](=O)[O-])c1.[Na+]. The maximum atomic E-state index is 11.6. The van der Waals surface area contributed by atoms with E-state index >= 15 is 0 Å². The van der Waals surface area contributed by atoms with E-state index in [0.717, 1.165) is 12.3 Å². The number of nitrogens with zero attached hydrogens (tertiary/aromatic N) is 2. The average molecular weight is 405 g/mol. The van der Waals surface area contributed by atoms with Crippen LogP contribution in [0.3, 0.4) is 0 Å². The molecule has 27 heavy (non-hydrogen) atoms. The van der Waals surface area contributed by atoms with Crippen molar-refractivity contribution in [3.8, 4) is 5.75 Å². The smallest absolute Gasteiger partial charge is 0.742 e. The number of furan rings is 1. The number of amides is 1. The summed E-state index contributed by atoms with van der Waals surface area (Å²) in [6, 6.07) is 6.40. The first-order valence-corrected chi connectivity index (χ1v) is 8.33. The molecular weight excluding hydrogens is 393 g/mol. The van der Waals surface area contributed by atoms with Crippen LogP contribution in [-0.2, 0) is 14.9 Å². The zero-order valence-corrected chi connectivity index (χ0v) is 17.1. The van der Waals surface area contributed by atoms with Gasteiger partial charge in [-0.3, -0.25) is 14.9 Å². The monoisotopic (exact) mass is 405 g/mol. The summed E-state index contributed by atoms with van der Waals surface area (Å²) in [7, 11) is -4.72. The minimum Gasteiger partial charge on any atom is -0.742 e. The number of aryl methyl sites for hydroxylation is 1. The number of benzene rings is 1. The average Bonchev–Trinajstić information content (AvgIpc) is 3.02. The van der Waals surface area contributed by atoms with Gasteiger partial charge in [0.15, 0.2) is 22.5 Å². The van der Waals surface area contributed by atoms with E-state index in [1.165, 1.54) is 18.2 Å². The summed E-state index contributed by atoms with van der Waals surface area (Å²) in [6.45, 7) is 1.13. The molecule has 0 atom stereocenters. The molecule has 0 aliphatic carbocycles. The summed E-state index contributed by atoms with van der Waals surface area (Å²) < 4.78 is 41.9. The van der Waals surface area contributed by atoms with Crippen LogP contribution in [0.1, 0.15) is 11.3 Å². The van der Waals surface area contributed by atoms with E-state index < -0.39 is 32.6 Å². The molecule has 1 aromatic heterocycles. The quantitative estimate of drug-likeness (QED) is 0.180. The second-order valence-corrected chi connectivity index (χ2v) is 6.23. The molecule has 2 rings (SSSR count). The number of nitro groups is 1. The third-order valence-electron chi connectivity index (χ3n) is 2.90. The number of carbonyl (C=O) groups is 1. The fourth-order valence-electron chi connectivity index (χ4n) is 1.77. The van der Waals surface area contributed by atoms with Gasteiger partial charge < -0.3 is 13.7 Å². The minimum atomic E-state index is -4.72. The van der Waals surface area contributed by atoms with Crippen molar-refractivity contribution in [3.63, 3.8) is 0 Å². The van der Waals surface area contributed by atoms with Crippen molar-refractivity contribution >= 4 is 27.9 Å². The van der Waals surface area contributed by atoms with E-state index in [-0.39, 0.29) is 46.8 Å². The van der Waals surface area contributed by atoms with E-state index in [1.807, 2.05) is 0 Å². The topological polar surface area (TPSA) is 164 Å². The van der Waals surface area contributed by atoms with Crippen LogP contribution in [0, 0.1) is 17.0 Å². The Morgan fingerprint density at radius 1 is 1.37 bits per heavy atom. The Balaban J connectivity index is 0.00000364. The van der Waals surface area contributed by atoms with Gasteiger partial charge in [-0.2, -0.15) is 5.10 Å². The zero-order valence-electron chi connectivity index (χ0n) is 14.2. The van der Waals surface area contributed by atoms with Gasteiger partial charge in [0.1, 0.15) is 5.76 Å². The molecule has 1 N–H and O–H groups in total. The standard InChI is InChI=1S/C14H13N3O8S.Na/c1-9-2-4-12(11(6-9)17(19)20)24-8-13(18)16-15-7-10-3-5-14(25-10)26(21,22)23;/h2-7H,8H2,1H3,(H,16,18)(H,21,22,23);/q;+1/p-1. The van der Waals surface area contributed by atoms with Crippen molar-refractivity contribution in [2.75, 3.05) is 6.61 Å². The number of hydrogen-bond donors (Lipinski definition) is 1.